The van der Waals surface area contributed by atoms with Gasteiger partial charge in [-0.25, -0.2) is 8.42 Å². The van der Waals surface area contributed by atoms with Crippen molar-refractivity contribution in [1.29, 1.82) is 0 Å². The monoisotopic (exact) mass is 268 g/mol. The molecule has 0 atom stereocenters. The molecule has 0 spiro atoms. The maximum atomic E-state index is 11.4. The molecular formula is C13H20N2O2S. The van der Waals surface area contributed by atoms with Gasteiger partial charge in [0.1, 0.15) is 9.84 Å². The second-order valence-electron chi connectivity index (χ2n) is 4.83. The summed E-state index contributed by atoms with van der Waals surface area (Å²) in [7, 11) is -2.83. The fourth-order valence-corrected chi connectivity index (χ4v) is 3.15. The van der Waals surface area contributed by atoms with Crippen LogP contribution in [0.1, 0.15) is 24.5 Å². The maximum Gasteiger partial charge on any atom is 0.150 e. The number of benzene rings is 1. The van der Waals surface area contributed by atoms with Gasteiger partial charge in [0.15, 0.2) is 0 Å². The van der Waals surface area contributed by atoms with Crippen LogP contribution in [-0.2, 0) is 22.9 Å². The molecule has 0 aliphatic carbocycles. The number of sulfone groups is 1. The van der Waals surface area contributed by atoms with Crippen LogP contribution in [0.3, 0.4) is 0 Å². The first kappa shape index (κ1) is 13.4. The lowest BCUT2D eigenvalue weighted by molar-refractivity contribution is 0.285. The number of anilines is 1. The van der Waals surface area contributed by atoms with Crippen molar-refractivity contribution in [3.05, 3.63) is 29.3 Å². The van der Waals surface area contributed by atoms with Crippen molar-refractivity contribution in [3.8, 4) is 0 Å². The first-order chi connectivity index (χ1) is 8.50. The zero-order valence-electron chi connectivity index (χ0n) is 10.7. The molecule has 1 heterocycles. The van der Waals surface area contributed by atoms with Crippen molar-refractivity contribution in [2.45, 2.75) is 26.4 Å². The smallest absolute Gasteiger partial charge is 0.150 e. The van der Waals surface area contributed by atoms with E-state index in [0.717, 1.165) is 25.3 Å². The minimum Gasteiger partial charge on any atom is -0.399 e. The average molecular weight is 268 g/mol. The first-order valence-electron chi connectivity index (χ1n) is 6.30. The summed E-state index contributed by atoms with van der Waals surface area (Å²) in [4.78, 5) is 2.27. The third kappa shape index (κ3) is 3.23. The molecule has 1 aromatic carbocycles. The van der Waals surface area contributed by atoms with Crippen LogP contribution in [0, 0.1) is 0 Å². The van der Waals surface area contributed by atoms with Gasteiger partial charge in [0.2, 0.25) is 0 Å². The van der Waals surface area contributed by atoms with Crippen LogP contribution >= 0.6 is 0 Å². The van der Waals surface area contributed by atoms with Crippen LogP contribution in [0.5, 0.6) is 0 Å². The van der Waals surface area contributed by atoms with E-state index in [9.17, 15) is 8.42 Å². The quantitative estimate of drug-likeness (QED) is 0.820. The molecule has 0 radical (unpaired) electrons. The van der Waals surface area contributed by atoms with Gasteiger partial charge < -0.3 is 5.73 Å². The number of rotatable bonds is 5. The van der Waals surface area contributed by atoms with Gasteiger partial charge in [-0.05, 0) is 36.2 Å². The summed E-state index contributed by atoms with van der Waals surface area (Å²) in [6.45, 7) is 4.31. The van der Waals surface area contributed by atoms with Gasteiger partial charge in [-0.15, -0.1) is 0 Å². The van der Waals surface area contributed by atoms with Crippen LogP contribution < -0.4 is 5.73 Å². The molecule has 5 heteroatoms. The lowest BCUT2D eigenvalue weighted by Crippen LogP contribution is -2.21. The average Bonchev–Trinajstić information content (AvgIpc) is 2.70. The minimum atomic E-state index is -2.83. The Morgan fingerprint density at radius 2 is 2.00 bits per heavy atom. The summed E-state index contributed by atoms with van der Waals surface area (Å²) in [5.74, 6) is 0.530. The molecule has 18 heavy (non-hydrogen) atoms. The highest BCUT2D eigenvalue weighted by molar-refractivity contribution is 7.91. The van der Waals surface area contributed by atoms with Gasteiger partial charge in [0.25, 0.3) is 0 Å². The lowest BCUT2D eigenvalue weighted by Gasteiger charge is -2.14. The molecule has 0 saturated heterocycles. The molecule has 0 saturated carbocycles. The fourth-order valence-electron chi connectivity index (χ4n) is 2.30. The predicted octanol–water partition coefficient (Wildman–Crippen LogP) is 1.41. The number of nitrogens with zero attached hydrogens (tertiary/aromatic N) is 1. The summed E-state index contributed by atoms with van der Waals surface area (Å²) in [6.07, 6.45) is 0.708. The molecule has 0 aromatic heterocycles. The van der Waals surface area contributed by atoms with Gasteiger partial charge in [0.05, 0.1) is 5.75 Å². The van der Waals surface area contributed by atoms with Crippen molar-refractivity contribution >= 4 is 15.5 Å². The van der Waals surface area contributed by atoms with E-state index < -0.39 is 9.84 Å². The molecule has 4 nitrogen and oxygen atoms in total. The number of hydrogen-bond donors (Lipinski definition) is 1. The fraction of sp³-hybridized carbons (Fsp3) is 0.538. The molecule has 1 aromatic rings. The lowest BCUT2D eigenvalue weighted by atomic mass is 10.1. The highest BCUT2D eigenvalue weighted by Gasteiger charge is 2.19. The molecule has 1 aliphatic rings. The highest BCUT2D eigenvalue weighted by Crippen LogP contribution is 2.24. The summed E-state index contributed by atoms with van der Waals surface area (Å²) < 4.78 is 22.8. The molecular weight excluding hydrogens is 248 g/mol. The molecule has 1 aliphatic heterocycles. The van der Waals surface area contributed by atoms with Gasteiger partial charge in [-0.2, -0.15) is 0 Å². The second kappa shape index (κ2) is 5.28. The van der Waals surface area contributed by atoms with Crippen LogP contribution in [0.2, 0.25) is 0 Å². The number of nitrogen functional groups attached to an aromatic ring is 1. The Labute approximate surface area is 109 Å². The van der Waals surface area contributed by atoms with E-state index in [0.29, 0.717) is 12.2 Å². The van der Waals surface area contributed by atoms with Gasteiger partial charge in [-0.1, -0.05) is 13.0 Å². The maximum absolute atomic E-state index is 11.4. The molecule has 0 unspecified atom stereocenters. The summed E-state index contributed by atoms with van der Waals surface area (Å²) in [5, 5.41) is 0. The Hall–Kier alpha value is -1.07. The summed E-state index contributed by atoms with van der Waals surface area (Å²) >= 11 is 0. The van der Waals surface area contributed by atoms with Crippen molar-refractivity contribution in [2.24, 2.45) is 0 Å². The zero-order valence-corrected chi connectivity index (χ0v) is 11.5. The highest BCUT2D eigenvalue weighted by atomic mass is 32.2. The van der Waals surface area contributed by atoms with E-state index in [4.69, 9.17) is 5.73 Å². The molecule has 2 N–H and O–H groups in total. The van der Waals surface area contributed by atoms with Crippen LogP contribution in [-0.4, -0.2) is 31.4 Å². The normalized spacial score (nSPS) is 15.8. The second-order valence-corrected chi connectivity index (χ2v) is 7.30. The SMILES string of the molecule is CCS(=O)(=O)CCCN1Cc2ccc(N)cc2C1. The Morgan fingerprint density at radius 1 is 1.28 bits per heavy atom. The van der Waals surface area contributed by atoms with Crippen LogP contribution in [0.4, 0.5) is 5.69 Å². The molecule has 2 rings (SSSR count). The van der Waals surface area contributed by atoms with Crippen molar-refractivity contribution in [1.82, 2.24) is 4.90 Å². The molecule has 100 valence electrons. The van der Waals surface area contributed by atoms with Gasteiger partial charge >= 0.3 is 0 Å². The Bertz CT molecular complexity index is 526. The predicted molar refractivity (Wildman–Crippen MR) is 73.9 cm³/mol. The van der Waals surface area contributed by atoms with Crippen LogP contribution in [0.15, 0.2) is 18.2 Å². The van der Waals surface area contributed by atoms with E-state index >= 15 is 0 Å². The summed E-state index contributed by atoms with van der Waals surface area (Å²) in [5.41, 5.74) is 9.13. The van der Waals surface area contributed by atoms with Gasteiger partial charge in [-0.3, -0.25) is 4.90 Å². The Balaban J connectivity index is 1.85. The minimum absolute atomic E-state index is 0.240. The number of nitrogens with two attached hydrogens (primary N) is 1. The Morgan fingerprint density at radius 3 is 2.72 bits per heavy atom. The van der Waals surface area contributed by atoms with Gasteiger partial charge in [0, 0.05) is 24.5 Å². The molecule has 0 fully saturated rings. The van der Waals surface area contributed by atoms with E-state index in [1.54, 1.807) is 6.92 Å². The molecule has 0 amide bonds. The van der Waals surface area contributed by atoms with E-state index in [-0.39, 0.29) is 5.75 Å². The third-order valence-electron chi connectivity index (χ3n) is 3.39. The molecule has 0 bridgehead atoms. The first-order valence-corrected chi connectivity index (χ1v) is 8.12. The number of fused-ring (bicyclic) bond motifs is 1. The zero-order chi connectivity index (χ0) is 13.2. The van der Waals surface area contributed by atoms with Crippen LogP contribution in [0.25, 0.3) is 0 Å². The largest absolute Gasteiger partial charge is 0.399 e. The third-order valence-corrected chi connectivity index (χ3v) is 5.18. The van der Waals surface area contributed by atoms with E-state index in [2.05, 4.69) is 11.0 Å². The Kier molecular flexibility index (Phi) is 3.92. The van der Waals surface area contributed by atoms with Crippen molar-refractivity contribution in [3.63, 3.8) is 0 Å². The van der Waals surface area contributed by atoms with Crippen molar-refractivity contribution in [2.75, 3.05) is 23.8 Å². The van der Waals surface area contributed by atoms with E-state index in [1.165, 1.54) is 11.1 Å². The summed E-state index contributed by atoms with van der Waals surface area (Å²) in [6, 6.07) is 6.00. The standard InChI is InChI=1S/C13H20N2O2S/c1-2-18(16,17)7-3-6-15-9-11-4-5-13(14)8-12(11)10-15/h4-5,8H,2-3,6-7,9-10,14H2,1H3. The van der Waals surface area contributed by atoms with Crippen molar-refractivity contribution < 1.29 is 8.42 Å². The van der Waals surface area contributed by atoms with E-state index in [1.807, 2.05) is 12.1 Å². The topological polar surface area (TPSA) is 63.4 Å². The number of hydrogen-bond acceptors (Lipinski definition) is 4.